The van der Waals surface area contributed by atoms with Gasteiger partial charge in [-0.3, -0.25) is 9.59 Å². The highest BCUT2D eigenvalue weighted by molar-refractivity contribution is 5.89. The van der Waals surface area contributed by atoms with Crippen molar-refractivity contribution < 1.29 is 34.1 Å². The Kier molecular flexibility index (Phi) is 5.58. The van der Waals surface area contributed by atoms with Crippen LogP contribution in [0.3, 0.4) is 0 Å². The molecule has 2 aliphatic heterocycles. The van der Waals surface area contributed by atoms with Crippen LogP contribution in [0.5, 0.6) is 5.75 Å². The molecule has 1 aromatic carbocycles. The summed E-state index contributed by atoms with van der Waals surface area (Å²) in [5, 5.41) is 24.3. The Morgan fingerprint density at radius 2 is 2.09 bits per heavy atom. The molecule has 0 radical (unpaired) electrons. The first-order valence-electron chi connectivity index (χ1n) is 12.1. The molecule has 188 valence electrons. The number of piperidine rings is 1. The summed E-state index contributed by atoms with van der Waals surface area (Å²) in [6, 6.07) is 3.07. The van der Waals surface area contributed by atoms with Gasteiger partial charge in [0.25, 0.3) is 0 Å². The van der Waals surface area contributed by atoms with Crippen molar-refractivity contribution in [1.29, 1.82) is 0 Å². The summed E-state index contributed by atoms with van der Waals surface area (Å²) in [5.41, 5.74) is 1.39. The molecule has 9 nitrogen and oxygen atoms in total. The molecule has 2 bridgehead atoms. The van der Waals surface area contributed by atoms with Crippen molar-refractivity contribution >= 4 is 17.7 Å². The minimum Gasteiger partial charge on any atom is -0.481 e. The molecule has 2 heterocycles. The molecule has 1 spiro atoms. The second-order valence-corrected chi connectivity index (χ2v) is 10.4. The van der Waals surface area contributed by atoms with Crippen LogP contribution >= 0.6 is 0 Å². The minimum absolute atomic E-state index is 0.0806. The number of aryl methyl sites for hydroxylation is 1. The van der Waals surface area contributed by atoms with Crippen LogP contribution in [0.2, 0.25) is 0 Å². The normalized spacial score (nSPS) is 32.0. The fraction of sp³-hybridized carbons (Fsp3) is 0.577. The zero-order chi connectivity index (χ0) is 25.3. The molecule has 0 unspecified atom stereocenters. The van der Waals surface area contributed by atoms with Crippen molar-refractivity contribution in [3.05, 3.63) is 40.7 Å². The van der Waals surface area contributed by atoms with Gasteiger partial charge in [-0.1, -0.05) is 12.1 Å². The SMILES string of the molecule is CC(=O)[C@@H](O)CC(=O)N[C@@H](C)C(=O)OC1=CC[C@@]2(O)[C@H]3Cc4ccc(C)c5c4[C@@]2(CCN3C)[C@H]1O5. The first kappa shape index (κ1) is 24.0. The quantitative estimate of drug-likeness (QED) is 0.503. The van der Waals surface area contributed by atoms with Crippen molar-refractivity contribution in [2.45, 2.75) is 81.8 Å². The smallest absolute Gasteiger partial charge is 0.333 e. The van der Waals surface area contributed by atoms with E-state index in [1.54, 1.807) is 6.08 Å². The van der Waals surface area contributed by atoms with E-state index in [-0.39, 0.29) is 6.04 Å². The highest BCUT2D eigenvalue weighted by atomic mass is 16.6. The van der Waals surface area contributed by atoms with Gasteiger partial charge in [0.15, 0.2) is 11.9 Å². The van der Waals surface area contributed by atoms with E-state index < -0.39 is 53.3 Å². The van der Waals surface area contributed by atoms with Gasteiger partial charge in [-0.25, -0.2) is 4.79 Å². The molecular weight excluding hydrogens is 452 g/mol. The number of likely N-dealkylation sites (tertiary alicyclic amines) is 1. The first-order chi connectivity index (χ1) is 16.5. The fourth-order valence-electron chi connectivity index (χ4n) is 6.47. The maximum absolute atomic E-state index is 12.9. The van der Waals surface area contributed by atoms with E-state index in [0.717, 1.165) is 35.4 Å². The number of ketones is 1. The standard InChI is InChI=1S/C26H32N2O7/c1-13-5-6-16-11-19-26(33)8-7-18(23-25(26,9-10-28(19)4)21(16)22(13)35-23)34-24(32)14(2)27-20(31)12-17(30)15(3)29/h5-7,14,17,19,23,30,33H,8-12H2,1-4H3,(H,27,31)/t14-,17-,19+,23-,25-,26+/m0/s1. The van der Waals surface area contributed by atoms with E-state index in [9.17, 15) is 24.6 Å². The van der Waals surface area contributed by atoms with Gasteiger partial charge in [0.2, 0.25) is 5.91 Å². The van der Waals surface area contributed by atoms with Gasteiger partial charge in [-0.2, -0.15) is 0 Å². The molecule has 4 aliphatic rings. The van der Waals surface area contributed by atoms with Crippen molar-refractivity contribution in [3.63, 3.8) is 0 Å². The highest BCUT2D eigenvalue weighted by Crippen LogP contribution is 2.64. The maximum atomic E-state index is 12.9. The molecule has 0 saturated carbocycles. The molecule has 1 amide bonds. The van der Waals surface area contributed by atoms with Crippen molar-refractivity contribution in [3.8, 4) is 5.75 Å². The van der Waals surface area contributed by atoms with Crippen LogP contribution in [0, 0.1) is 6.92 Å². The van der Waals surface area contributed by atoms with Crippen LogP contribution in [-0.4, -0.2) is 76.3 Å². The van der Waals surface area contributed by atoms with Crippen molar-refractivity contribution in [2.75, 3.05) is 13.6 Å². The molecule has 2 aliphatic carbocycles. The van der Waals surface area contributed by atoms with Gasteiger partial charge in [-0.15, -0.1) is 0 Å². The van der Waals surface area contributed by atoms with Gasteiger partial charge in [-0.05, 0) is 64.4 Å². The summed E-state index contributed by atoms with van der Waals surface area (Å²) in [4.78, 5) is 38.5. The van der Waals surface area contributed by atoms with E-state index in [1.807, 2.05) is 20.0 Å². The summed E-state index contributed by atoms with van der Waals surface area (Å²) in [6.07, 6.45) is 0.960. The number of esters is 1. The van der Waals surface area contributed by atoms with E-state index in [0.29, 0.717) is 18.6 Å². The van der Waals surface area contributed by atoms with E-state index in [1.165, 1.54) is 13.8 Å². The van der Waals surface area contributed by atoms with E-state index >= 15 is 0 Å². The Morgan fingerprint density at radius 3 is 2.80 bits per heavy atom. The number of benzene rings is 1. The van der Waals surface area contributed by atoms with E-state index in [4.69, 9.17) is 9.47 Å². The average Bonchev–Trinajstić information content (AvgIpc) is 3.15. The van der Waals surface area contributed by atoms with Crippen LogP contribution in [-0.2, 0) is 31.0 Å². The molecule has 35 heavy (non-hydrogen) atoms. The third-order valence-electron chi connectivity index (χ3n) is 8.37. The number of carbonyl (C=O) groups is 3. The number of rotatable bonds is 6. The number of ether oxygens (including phenoxy) is 2. The first-order valence-corrected chi connectivity index (χ1v) is 12.1. The lowest BCUT2D eigenvalue weighted by molar-refractivity contribution is -0.170. The number of aliphatic hydroxyl groups is 2. The monoisotopic (exact) mass is 484 g/mol. The van der Waals surface area contributed by atoms with Gasteiger partial charge in [0, 0.05) is 18.0 Å². The van der Waals surface area contributed by atoms with Crippen LogP contribution in [0.15, 0.2) is 24.0 Å². The highest BCUT2D eigenvalue weighted by Gasteiger charge is 2.71. The van der Waals surface area contributed by atoms with Crippen LogP contribution in [0.25, 0.3) is 0 Å². The Balaban J connectivity index is 1.42. The molecule has 9 heteroatoms. The summed E-state index contributed by atoms with van der Waals surface area (Å²) < 4.78 is 12.3. The number of aliphatic hydroxyl groups excluding tert-OH is 1. The number of hydrogen-bond donors (Lipinski definition) is 3. The fourth-order valence-corrected chi connectivity index (χ4v) is 6.47. The van der Waals surface area contributed by atoms with Gasteiger partial charge in [0.1, 0.15) is 23.7 Å². The Bertz CT molecular complexity index is 1150. The summed E-state index contributed by atoms with van der Waals surface area (Å²) in [7, 11) is 2.03. The predicted octanol–water partition coefficient (Wildman–Crippen LogP) is 0.661. The van der Waals surface area contributed by atoms with Crippen LogP contribution in [0.1, 0.15) is 49.8 Å². The second-order valence-electron chi connectivity index (χ2n) is 10.4. The number of nitrogens with one attached hydrogen (secondary N) is 1. The van der Waals surface area contributed by atoms with Crippen LogP contribution < -0.4 is 10.1 Å². The average molecular weight is 485 g/mol. The third kappa shape index (κ3) is 3.36. The molecule has 3 N–H and O–H groups in total. The number of amides is 1. The third-order valence-corrected chi connectivity index (χ3v) is 8.37. The van der Waals surface area contributed by atoms with Crippen molar-refractivity contribution in [1.82, 2.24) is 10.2 Å². The summed E-state index contributed by atoms with van der Waals surface area (Å²) >= 11 is 0. The molecule has 6 atom stereocenters. The molecular formula is C26H32N2O7. The molecule has 0 aromatic heterocycles. The number of carbonyl (C=O) groups excluding carboxylic acids is 3. The van der Waals surface area contributed by atoms with Crippen molar-refractivity contribution in [2.24, 2.45) is 0 Å². The molecule has 1 aromatic rings. The predicted molar refractivity (Wildman–Crippen MR) is 125 cm³/mol. The molecule has 1 fully saturated rings. The zero-order valence-electron chi connectivity index (χ0n) is 20.5. The molecule has 5 rings (SSSR count). The Hall–Kier alpha value is -2.75. The Morgan fingerprint density at radius 1 is 1.34 bits per heavy atom. The Labute approximate surface area is 204 Å². The second kappa shape index (κ2) is 8.15. The maximum Gasteiger partial charge on any atom is 0.333 e. The van der Waals surface area contributed by atoms with E-state index in [2.05, 4.69) is 16.3 Å². The number of nitrogens with zero attached hydrogens (tertiary/aromatic N) is 1. The largest absolute Gasteiger partial charge is 0.481 e. The number of Topliss-reactive ketones (excluding diaryl/α,β-unsaturated/α-hetero) is 1. The van der Waals surface area contributed by atoms with Gasteiger partial charge < -0.3 is 29.9 Å². The minimum atomic E-state index is -1.41. The lowest BCUT2D eigenvalue weighted by atomic mass is 9.50. The topological polar surface area (TPSA) is 125 Å². The lowest BCUT2D eigenvalue weighted by Gasteiger charge is -2.61. The summed E-state index contributed by atoms with van der Waals surface area (Å²) in [6.45, 7) is 5.44. The lowest BCUT2D eigenvalue weighted by Crippen LogP contribution is -2.74. The van der Waals surface area contributed by atoms with Gasteiger partial charge >= 0.3 is 5.97 Å². The van der Waals surface area contributed by atoms with Gasteiger partial charge in [0.05, 0.1) is 17.4 Å². The molecule has 1 saturated heterocycles. The van der Waals surface area contributed by atoms with Crippen LogP contribution in [0.4, 0.5) is 0 Å². The summed E-state index contributed by atoms with van der Waals surface area (Å²) in [5.74, 6) is -0.724. The zero-order valence-corrected chi connectivity index (χ0v) is 20.5. The number of likely N-dealkylation sites (N-methyl/N-ethyl adjacent to an activating group) is 1. The number of hydrogen-bond acceptors (Lipinski definition) is 8.